The Hall–Kier alpha value is -2.70. The van der Waals surface area contributed by atoms with Crippen molar-refractivity contribution < 1.29 is 9.59 Å². The second kappa shape index (κ2) is 5.96. The van der Waals surface area contributed by atoms with Crippen molar-refractivity contribution in [2.75, 3.05) is 5.32 Å². The van der Waals surface area contributed by atoms with Crippen LogP contribution < -0.4 is 10.6 Å². The van der Waals surface area contributed by atoms with Crippen LogP contribution in [0.25, 0.3) is 0 Å². The number of anilines is 1. The Morgan fingerprint density at radius 3 is 2.50 bits per heavy atom. The molecule has 0 unspecified atom stereocenters. The van der Waals surface area contributed by atoms with E-state index >= 15 is 0 Å². The van der Waals surface area contributed by atoms with Gasteiger partial charge >= 0.3 is 0 Å². The average molecular weight is 273 g/mol. The quantitative estimate of drug-likeness (QED) is 0.773. The normalized spacial score (nSPS) is 10.1. The minimum Gasteiger partial charge on any atom is -0.352 e. The van der Waals surface area contributed by atoms with Crippen molar-refractivity contribution in [2.45, 2.75) is 20.4 Å². The van der Waals surface area contributed by atoms with Crippen LogP contribution in [0.3, 0.4) is 0 Å². The molecule has 1 aromatic heterocycles. The second-order valence-electron chi connectivity index (χ2n) is 4.31. The number of hydrogen-bond donors (Lipinski definition) is 3. The molecule has 0 saturated heterocycles. The molecule has 2 rings (SSSR count). The number of benzene rings is 1. The Morgan fingerprint density at radius 2 is 1.95 bits per heavy atom. The van der Waals surface area contributed by atoms with E-state index in [9.17, 15) is 9.59 Å². The predicted octanol–water partition coefficient (Wildman–Crippen LogP) is 1.00. The van der Waals surface area contributed by atoms with Crippen molar-refractivity contribution >= 4 is 17.8 Å². The molecule has 0 fully saturated rings. The van der Waals surface area contributed by atoms with E-state index in [1.54, 1.807) is 31.2 Å². The topological polar surface area (TPSA) is 99.8 Å². The summed E-state index contributed by atoms with van der Waals surface area (Å²) in [7, 11) is 0. The Morgan fingerprint density at radius 1 is 1.25 bits per heavy atom. The van der Waals surface area contributed by atoms with Crippen molar-refractivity contribution in [3.8, 4) is 0 Å². The Bertz CT molecular complexity index is 618. The number of carbonyl (C=O) groups is 2. The molecule has 0 spiro atoms. The summed E-state index contributed by atoms with van der Waals surface area (Å²) in [5.74, 6) is 0.502. The lowest BCUT2D eigenvalue weighted by atomic mass is 10.1. The van der Waals surface area contributed by atoms with Crippen molar-refractivity contribution in [3.63, 3.8) is 0 Å². The van der Waals surface area contributed by atoms with E-state index in [2.05, 4.69) is 25.8 Å². The molecule has 0 saturated carbocycles. The van der Waals surface area contributed by atoms with Gasteiger partial charge in [-0.2, -0.15) is 4.98 Å². The van der Waals surface area contributed by atoms with Crippen LogP contribution in [0.5, 0.6) is 0 Å². The Balaban J connectivity index is 1.98. The average Bonchev–Trinajstić information content (AvgIpc) is 2.82. The molecular weight excluding hydrogens is 258 g/mol. The van der Waals surface area contributed by atoms with Crippen molar-refractivity contribution in [3.05, 3.63) is 41.2 Å². The van der Waals surface area contributed by atoms with Crippen LogP contribution in [-0.4, -0.2) is 27.0 Å². The monoisotopic (exact) mass is 273 g/mol. The number of aryl methyl sites for hydroxylation is 1. The van der Waals surface area contributed by atoms with Gasteiger partial charge in [-0.15, -0.1) is 5.10 Å². The first kappa shape index (κ1) is 13.7. The summed E-state index contributed by atoms with van der Waals surface area (Å²) in [6.45, 7) is 3.65. The van der Waals surface area contributed by atoms with Gasteiger partial charge in [0.05, 0.1) is 0 Å². The number of H-pyrrole nitrogens is 1. The third kappa shape index (κ3) is 3.64. The molecule has 20 heavy (non-hydrogen) atoms. The fraction of sp³-hybridized carbons (Fsp3) is 0.231. The van der Waals surface area contributed by atoms with E-state index in [0.717, 1.165) is 5.56 Å². The number of aromatic nitrogens is 3. The number of aromatic amines is 1. The Labute approximate surface area is 115 Å². The summed E-state index contributed by atoms with van der Waals surface area (Å²) in [6, 6.07) is 6.94. The van der Waals surface area contributed by atoms with Crippen LogP contribution in [0.1, 0.15) is 28.7 Å². The van der Waals surface area contributed by atoms with Gasteiger partial charge in [-0.3, -0.25) is 20.0 Å². The van der Waals surface area contributed by atoms with Crippen molar-refractivity contribution in [1.82, 2.24) is 20.5 Å². The highest BCUT2D eigenvalue weighted by Gasteiger charge is 2.08. The standard InChI is InChI=1S/C13H15N5O2/c1-8-15-13(18-17-8)16-12(20)11-5-3-10(4-6-11)7-14-9(2)19/h3-6H,7H2,1-2H3,(H,14,19)(H2,15,16,17,18,20). The van der Waals surface area contributed by atoms with Crippen LogP contribution >= 0.6 is 0 Å². The zero-order chi connectivity index (χ0) is 14.5. The maximum Gasteiger partial charge on any atom is 0.258 e. The third-order valence-corrected chi connectivity index (χ3v) is 2.58. The lowest BCUT2D eigenvalue weighted by molar-refractivity contribution is -0.119. The van der Waals surface area contributed by atoms with Gasteiger partial charge in [-0.1, -0.05) is 12.1 Å². The highest BCUT2D eigenvalue weighted by molar-refractivity contribution is 6.03. The maximum atomic E-state index is 11.9. The number of nitrogens with zero attached hydrogens (tertiary/aromatic N) is 2. The molecule has 104 valence electrons. The van der Waals surface area contributed by atoms with Gasteiger partial charge in [0.2, 0.25) is 11.9 Å². The van der Waals surface area contributed by atoms with E-state index in [4.69, 9.17) is 0 Å². The first-order valence-corrected chi connectivity index (χ1v) is 6.08. The molecule has 3 N–H and O–H groups in total. The summed E-state index contributed by atoms with van der Waals surface area (Å²) in [5, 5.41) is 11.8. The fourth-order valence-electron chi connectivity index (χ4n) is 1.57. The van der Waals surface area contributed by atoms with E-state index in [1.807, 2.05) is 0 Å². The highest BCUT2D eigenvalue weighted by atomic mass is 16.2. The number of carbonyl (C=O) groups excluding carboxylic acids is 2. The molecule has 2 aromatic rings. The summed E-state index contributed by atoms with van der Waals surface area (Å²) in [5.41, 5.74) is 1.42. The molecule has 0 aliphatic rings. The van der Waals surface area contributed by atoms with Crippen LogP contribution in [0.4, 0.5) is 5.95 Å². The lowest BCUT2D eigenvalue weighted by Gasteiger charge is -2.04. The fourth-order valence-corrected chi connectivity index (χ4v) is 1.57. The summed E-state index contributed by atoms with van der Waals surface area (Å²) >= 11 is 0. The van der Waals surface area contributed by atoms with Crippen molar-refractivity contribution in [2.24, 2.45) is 0 Å². The molecule has 1 heterocycles. The number of nitrogens with one attached hydrogen (secondary N) is 3. The van der Waals surface area contributed by atoms with E-state index in [0.29, 0.717) is 17.9 Å². The first-order chi connectivity index (χ1) is 9.54. The summed E-state index contributed by atoms with van der Waals surface area (Å²) in [6.07, 6.45) is 0. The van der Waals surface area contributed by atoms with Crippen LogP contribution in [0.2, 0.25) is 0 Å². The molecule has 2 amide bonds. The zero-order valence-corrected chi connectivity index (χ0v) is 11.2. The maximum absolute atomic E-state index is 11.9. The van der Waals surface area contributed by atoms with Gasteiger partial charge in [0.15, 0.2) is 0 Å². The molecule has 7 nitrogen and oxygen atoms in total. The summed E-state index contributed by atoms with van der Waals surface area (Å²) in [4.78, 5) is 26.7. The minimum absolute atomic E-state index is 0.0909. The van der Waals surface area contributed by atoms with Gasteiger partial charge in [0.1, 0.15) is 5.82 Å². The molecule has 0 aliphatic carbocycles. The van der Waals surface area contributed by atoms with E-state index in [1.165, 1.54) is 6.92 Å². The minimum atomic E-state index is -0.282. The van der Waals surface area contributed by atoms with Gasteiger partial charge in [0.25, 0.3) is 5.91 Å². The third-order valence-electron chi connectivity index (χ3n) is 2.58. The SMILES string of the molecule is CC(=O)NCc1ccc(C(=O)Nc2n[nH]c(C)n2)cc1. The Kier molecular flexibility index (Phi) is 4.09. The van der Waals surface area contributed by atoms with Crippen molar-refractivity contribution in [1.29, 1.82) is 0 Å². The van der Waals surface area contributed by atoms with Gasteiger partial charge in [0, 0.05) is 19.0 Å². The molecule has 1 aromatic carbocycles. The molecule has 0 atom stereocenters. The van der Waals surface area contributed by atoms with Gasteiger partial charge in [-0.25, -0.2) is 0 Å². The second-order valence-corrected chi connectivity index (χ2v) is 4.31. The van der Waals surface area contributed by atoms with Crippen LogP contribution in [0, 0.1) is 6.92 Å². The van der Waals surface area contributed by atoms with Gasteiger partial charge in [-0.05, 0) is 24.6 Å². The predicted molar refractivity (Wildman–Crippen MR) is 73.0 cm³/mol. The lowest BCUT2D eigenvalue weighted by Crippen LogP contribution is -2.19. The van der Waals surface area contributed by atoms with Crippen LogP contribution in [0.15, 0.2) is 24.3 Å². The molecule has 7 heteroatoms. The number of rotatable bonds is 4. The van der Waals surface area contributed by atoms with E-state index < -0.39 is 0 Å². The molecule has 0 bridgehead atoms. The zero-order valence-electron chi connectivity index (χ0n) is 11.2. The largest absolute Gasteiger partial charge is 0.352 e. The highest BCUT2D eigenvalue weighted by Crippen LogP contribution is 2.07. The van der Waals surface area contributed by atoms with Gasteiger partial charge < -0.3 is 5.32 Å². The number of amides is 2. The number of hydrogen-bond acceptors (Lipinski definition) is 4. The molecule has 0 aliphatic heterocycles. The van der Waals surface area contributed by atoms with E-state index in [-0.39, 0.29) is 17.8 Å². The van der Waals surface area contributed by atoms with Crippen LogP contribution in [-0.2, 0) is 11.3 Å². The smallest absolute Gasteiger partial charge is 0.258 e. The molecule has 0 radical (unpaired) electrons. The summed E-state index contributed by atoms with van der Waals surface area (Å²) < 4.78 is 0. The molecular formula is C13H15N5O2. The first-order valence-electron chi connectivity index (χ1n) is 6.08.